The highest BCUT2D eigenvalue weighted by molar-refractivity contribution is 7.85. The molecule has 12 heteroatoms. The first kappa shape index (κ1) is 25.2. The molecule has 3 aliphatic rings. The largest absolute Gasteiger partial charge is 0.377 e. The summed E-state index contributed by atoms with van der Waals surface area (Å²) in [5, 5.41) is 0. The first-order chi connectivity index (χ1) is 14.7. The Labute approximate surface area is 183 Å². The Morgan fingerprint density at radius 2 is 1.42 bits per heavy atom. The van der Waals surface area contributed by atoms with Crippen LogP contribution in [0.4, 0.5) is 0 Å². The molecule has 3 rings (SSSR count). The van der Waals surface area contributed by atoms with Gasteiger partial charge in [-0.25, -0.2) is 0 Å². The number of hydrogen-bond donors (Lipinski definition) is 0. The van der Waals surface area contributed by atoms with Gasteiger partial charge in [-0.15, -0.1) is 0 Å². The highest BCUT2D eigenvalue weighted by atomic mass is 32.2. The van der Waals surface area contributed by atoms with E-state index in [4.69, 9.17) is 37.9 Å². The molecular weight excluding hydrogens is 436 g/mol. The Morgan fingerprint density at radius 1 is 0.839 bits per heavy atom. The van der Waals surface area contributed by atoms with Gasteiger partial charge in [0.25, 0.3) is 10.1 Å². The Kier molecular flexibility index (Phi) is 9.06. The van der Waals surface area contributed by atoms with E-state index >= 15 is 0 Å². The summed E-state index contributed by atoms with van der Waals surface area (Å²) in [4.78, 5) is 0. The molecule has 0 aromatic heterocycles. The normalized spacial score (nSPS) is 31.8. The van der Waals surface area contributed by atoms with Crippen LogP contribution in [0.1, 0.15) is 20.3 Å². The summed E-state index contributed by atoms with van der Waals surface area (Å²) in [6.07, 6.45) is 1.13. The van der Waals surface area contributed by atoms with Crippen LogP contribution in [-0.2, 0) is 52.2 Å². The first-order valence-electron chi connectivity index (χ1n) is 10.5. The van der Waals surface area contributed by atoms with Crippen molar-refractivity contribution in [1.29, 1.82) is 0 Å². The molecule has 3 saturated heterocycles. The zero-order valence-electron chi connectivity index (χ0n) is 18.4. The van der Waals surface area contributed by atoms with Crippen molar-refractivity contribution in [3.8, 4) is 0 Å². The molecule has 182 valence electrons. The summed E-state index contributed by atoms with van der Waals surface area (Å²) in [5.41, 5.74) is -0.642. The molecule has 0 aliphatic carbocycles. The van der Waals surface area contributed by atoms with Crippen LogP contribution in [0, 0.1) is 0 Å². The third kappa shape index (κ3) is 7.84. The first-order valence-corrected chi connectivity index (χ1v) is 12.3. The average molecular weight is 471 g/mol. The number of rotatable bonds is 15. The molecule has 3 heterocycles. The molecule has 3 fully saturated rings. The van der Waals surface area contributed by atoms with Crippen LogP contribution in [0.5, 0.6) is 0 Å². The SMILES string of the molecule is CC1(C)OC2CC3OCC(COCCOCCOCCOCCOS(C)(=O)=O)(O3)C2O1. The van der Waals surface area contributed by atoms with Gasteiger partial charge in [0.2, 0.25) is 0 Å². The fourth-order valence-electron chi connectivity index (χ4n) is 3.78. The molecule has 0 aromatic rings. The van der Waals surface area contributed by atoms with Gasteiger partial charge in [-0.2, -0.15) is 8.42 Å². The molecule has 0 saturated carbocycles. The molecule has 4 unspecified atom stereocenters. The summed E-state index contributed by atoms with van der Waals surface area (Å²) in [5.74, 6) is -0.631. The van der Waals surface area contributed by atoms with E-state index in [0.717, 1.165) is 6.26 Å². The van der Waals surface area contributed by atoms with Gasteiger partial charge in [0.05, 0.1) is 78.4 Å². The Balaban J connectivity index is 1.17. The van der Waals surface area contributed by atoms with Gasteiger partial charge >= 0.3 is 0 Å². The van der Waals surface area contributed by atoms with Gasteiger partial charge < -0.3 is 37.9 Å². The van der Waals surface area contributed by atoms with Crippen molar-refractivity contribution in [2.75, 3.05) is 72.3 Å². The van der Waals surface area contributed by atoms with Crippen molar-refractivity contribution in [3.63, 3.8) is 0 Å². The lowest BCUT2D eigenvalue weighted by Gasteiger charge is -2.38. The van der Waals surface area contributed by atoms with Crippen LogP contribution < -0.4 is 0 Å². The minimum Gasteiger partial charge on any atom is -0.377 e. The van der Waals surface area contributed by atoms with Gasteiger partial charge in [0.15, 0.2) is 12.1 Å². The van der Waals surface area contributed by atoms with Crippen LogP contribution in [0.2, 0.25) is 0 Å². The number of fused-ring (bicyclic) bond motifs is 4. The Bertz CT molecular complexity index is 655. The van der Waals surface area contributed by atoms with Crippen molar-refractivity contribution in [2.24, 2.45) is 0 Å². The maximum Gasteiger partial charge on any atom is 0.264 e. The van der Waals surface area contributed by atoms with E-state index in [2.05, 4.69) is 4.18 Å². The second-order valence-corrected chi connectivity index (χ2v) is 9.81. The smallest absolute Gasteiger partial charge is 0.264 e. The molecule has 4 atom stereocenters. The summed E-state index contributed by atoms with van der Waals surface area (Å²) in [6, 6.07) is 0. The zero-order chi connectivity index (χ0) is 22.4. The second kappa shape index (κ2) is 11.1. The van der Waals surface area contributed by atoms with E-state index in [1.165, 1.54) is 0 Å². The third-order valence-electron chi connectivity index (χ3n) is 4.99. The maximum absolute atomic E-state index is 10.8. The summed E-state index contributed by atoms with van der Waals surface area (Å²) in [7, 11) is -3.42. The van der Waals surface area contributed by atoms with E-state index < -0.39 is 21.5 Å². The molecule has 0 amide bonds. The van der Waals surface area contributed by atoms with Gasteiger partial charge in [-0.1, -0.05) is 0 Å². The average Bonchev–Trinajstić information content (AvgIpc) is 3.19. The summed E-state index contributed by atoms with van der Waals surface area (Å²) in [6.45, 7) is 7.23. The molecule has 31 heavy (non-hydrogen) atoms. The third-order valence-corrected chi connectivity index (χ3v) is 5.59. The van der Waals surface area contributed by atoms with Crippen molar-refractivity contribution in [3.05, 3.63) is 0 Å². The van der Waals surface area contributed by atoms with Crippen LogP contribution in [-0.4, -0.2) is 111 Å². The fourth-order valence-corrected chi connectivity index (χ4v) is 4.15. The standard InChI is InChI=1S/C19H34O11S/c1-18(2)28-15-12-16-26-14-19(29-16,17(15)30-18)13-25-9-8-23-5-4-22-6-7-24-10-11-27-31(3,20)21/h15-17H,4-14H2,1-3H3. The van der Waals surface area contributed by atoms with Crippen molar-refractivity contribution < 1.29 is 50.5 Å². The molecular formula is C19H34O11S. The van der Waals surface area contributed by atoms with Crippen LogP contribution in [0.3, 0.4) is 0 Å². The molecule has 2 bridgehead atoms. The van der Waals surface area contributed by atoms with Gasteiger partial charge in [0, 0.05) is 6.42 Å². The number of hydrogen-bond acceptors (Lipinski definition) is 11. The highest BCUT2D eigenvalue weighted by Crippen LogP contribution is 2.46. The summed E-state index contributed by atoms with van der Waals surface area (Å²) < 4.78 is 71.7. The quantitative estimate of drug-likeness (QED) is 0.239. The molecule has 0 aromatic carbocycles. The van der Waals surface area contributed by atoms with Crippen molar-refractivity contribution in [2.45, 2.75) is 50.2 Å². The maximum atomic E-state index is 10.8. The van der Waals surface area contributed by atoms with Crippen LogP contribution >= 0.6 is 0 Å². The van der Waals surface area contributed by atoms with Crippen LogP contribution in [0.15, 0.2) is 0 Å². The van der Waals surface area contributed by atoms with E-state index in [1.807, 2.05) is 13.8 Å². The zero-order valence-corrected chi connectivity index (χ0v) is 19.2. The predicted molar refractivity (Wildman–Crippen MR) is 106 cm³/mol. The topological polar surface area (TPSA) is 117 Å². The molecule has 0 N–H and O–H groups in total. The minimum atomic E-state index is -3.42. The van der Waals surface area contributed by atoms with Gasteiger partial charge in [-0.3, -0.25) is 4.18 Å². The molecule has 0 radical (unpaired) electrons. The number of ether oxygens (including phenoxy) is 8. The van der Waals surface area contributed by atoms with Crippen LogP contribution in [0.25, 0.3) is 0 Å². The van der Waals surface area contributed by atoms with Gasteiger partial charge in [-0.05, 0) is 13.8 Å². The predicted octanol–water partition coefficient (Wildman–Crippen LogP) is 0.0645. The Hall–Kier alpha value is -0.410. The molecule has 0 spiro atoms. The van der Waals surface area contributed by atoms with Crippen molar-refractivity contribution in [1.82, 2.24) is 0 Å². The van der Waals surface area contributed by atoms with Crippen molar-refractivity contribution >= 4 is 10.1 Å². The van der Waals surface area contributed by atoms with Gasteiger partial charge in [0.1, 0.15) is 11.7 Å². The fraction of sp³-hybridized carbons (Fsp3) is 1.00. The molecule has 11 nitrogen and oxygen atoms in total. The lowest BCUT2D eigenvalue weighted by atomic mass is 9.91. The summed E-state index contributed by atoms with van der Waals surface area (Å²) >= 11 is 0. The van der Waals surface area contributed by atoms with E-state index in [9.17, 15) is 8.42 Å². The monoisotopic (exact) mass is 470 g/mol. The molecule has 3 aliphatic heterocycles. The highest BCUT2D eigenvalue weighted by Gasteiger charge is 2.61. The second-order valence-electron chi connectivity index (χ2n) is 8.17. The van der Waals surface area contributed by atoms with E-state index in [1.54, 1.807) is 0 Å². The lowest BCUT2D eigenvalue weighted by molar-refractivity contribution is -0.204. The minimum absolute atomic E-state index is 0.000631. The lowest BCUT2D eigenvalue weighted by Crippen LogP contribution is -2.56. The van der Waals surface area contributed by atoms with E-state index in [0.29, 0.717) is 59.3 Å². The van der Waals surface area contributed by atoms with E-state index in [-0.39, 0.29) is 31.7 Å². The Morgan fingerprint density at radius 3 is 2.03 bits per heavy atom.